The predicted molar refractivity (Wildman–Crippen MR) is 143 cm³/mol. The van der Waals surface area contributed by atoms with Crippen LogP contribution in [0, 0.1) is 24.2 Å². The molecule has 0 bridgehead atoms. The fourth-order valence-electron chi connectivity index (χ4n) is 3.94. The van der Waals surface area contributed by atoms with Gasteiger partial charge in [0.2, 0.25) is 0 Å². The molecule has 34 heavy (non-hydrogen) atoms. The number of Topliss-reactive ketones (excluding diaryl/α,β-unsaturated/α-hetero) is 1. The fraction of sp³-hybridized carbons (Fsp3) is 0.156. The third kappa shape index (κ3) is 6.36. The molecule has 168 valence electrons. The number of benzene rings is 4. The molecule has 1 nitrogen and oxygen atoms in total. The Bertz CT molecular complexity index is 1250. The second-order valence-corrected chi connectivity index (χ2v) is 10.9. The monoisotopic (exact) mass is 508 g/mol. The molecular weight excluding hydrogens is 479 g/mol. The number of ketones is 1. The number of carbonyl (C=O) groups excluding carboxylic acids is 1. The molecule has 1 atom stereocenters. The first-order valence-electron chi connectivity index (χ1n) is 11.6. The van der Waals surface area contributed by atoms with E-state index in [4.69, 9.17) is 0 Å². The van der Waals surface area contributed by atoms with Crippen molar-refractivity contribution >= 4 is 25.2 Å². The Labute approximate surface area is 209 Å². The average Bonchev–Trinajstić information content (AvgIpc) is 2.89. The molecule has 0 aliphatic rings. The molecule has 0 spiro atoms. The normalized spacial score (nSPS) is 12.3. The van der Waals surface area contributed by atoms with Gasteiger partial charge >= 0.3 is 210 Å². The van der Waals surface area contributed by atoms with Gasteiger partial charge in [-0.15, -0.1) is 0 Å². The molecule has 2 heteroatoms. The van der Waals surface area contributed by atoms with E-state index >= 15 is 0 Å². The van der Waals surface area contributed by atoms with E-state index in [9.17, 15) is 4.79 Å². The number of carbonyl (C=O) groups is 1. The molecule has 0 aliphatic heterocycles. The van der Waals surface area contributed by atoms with Crippen LogP contribution in [0.25, 0.3) is 0 Å². The summed E-state index contributed by atoms with van der Waals surface area (Å²) in [6, 6.07) is 38.8. The van der Waals surface area contributed by atoms with Crippen molar-refractivity contribution in [3.8, 4) is 11.8 Å². The van der Waals surface area contributed by atoms with Gasteiger partial charge in [0.05, 0.1) is 0 Å². The van der Waals surface area contributed by atoms with Gasteiger partial charge in [0.15, 0.2) is 0 Å². The molecule has 0 aliphatic carbocycles. The van der Waals surface area contributed by atoms with Crippen LogP contribution >= 0.6 is 0 Å². The molecule has 0 N–H and O–H groups in total. The molecule has 1 unspecified atom stereocenters. The SMILES string of the molecule is Cc1ccc(C(=O)C(C#Cc2ccccc2)(CC[Se]c2ccccc2)Cc2ccccc2)cc1. The van der Waals surface area contributed by atoms with Crippen LogP contribution in [0.15, 0.2) is 115 Å². The minimum atomic E-state index is -0.789. The van der Waals surface area contributed by atoms with E-state index in [2.05, 4.69) is 48.2 Å². The summed E-state index contributed by atoms with van der Waals surface area (Å²) in [5.74, 6) is 6.97. The molecule has 0 aromatic heterocycles. The molecule has 4 aromatic carbocycles. The van der Waals surface area contributed by atoms with Crippen molar-refractivity contribution < 1.29 is 4.79 Å². The zero-order valence-electron chi connectivity index (χ0n) is 19.4. The number of aryl methyl sites for hydroxylation is 1. The summed E-state index contributed by atoms with van der Waals surface area (Å²) in [5, 5.41) is 0.949. The molecule has 0 heterocycles. The average molecular weight is 508 g/mol. The number of rotatable bonds is 8. The van der Waals surface area contributed by atoms with E-state index in [-0.39, 0.29) is 20.7 Å². The minimum absolute atomic E-state index is 0.114. The Balaban J connectivity index is 1.74. The summed E-state index contributed by atoms with van der Waals surface area (Å²) in [6.07, 6.45) is 1.33. The van der Waals surface area contributed by atoms with Crippen LogP contribution in [-0.2, 0) is 6.42 Å². The Morgan fingerprint density at radius 1 is 0.765 bits per heavy atom. The van der Waals surface area contributed by atoms with Gasteiger partial charge in [-0.3, -0.25) is 0 Å². The van der Waals surface area contributed by atoms with Crippen molar-refractivity contribution in [3.63, 3.8) is 0 Å². The van der Waals surface area contributed by atoms with Crippen molar-refractivity contribution in [2.75, 3.05) is 0 Å². The topological polar surface area (TPSA) is 17.1 Å². The van der Waals surface area contributed by atoms with E-state index in [0.717, 1.165) is 34.0 Å². The van der Waals surface area contributed by atoms with Crippen molar-refractivity contribution in [2.24, 2.45) is 5.41 Å². The van der Waals surface area contributed by atoms with Crippen LogP contribution in [0.3, 0.4) is 0 Å². The first-order valence-corrected chi connectivity index (χ1v) is 13.6. The Kier molecular flexibility index (Phi) is 8.16. The van der Waals surface area contributed by atoms with E-state index < -0.39 is 5.41 Å². The quantitative estimate of drug-likeness (QED) is 0.156. The zero-order valence-corrected chi connectivity index (χ0v) is 21.1. The third-order valence-corrected chi connectivity index (χ3v) is 7.98. The molecule has 0 radical (unpaired) electrons. The third-order valence-electron chi connectivity index (χ3n) is 5.86. The van der Waals surface area contributed by atoms with E-state index in [1.807, 2.05) is 85.8 Å². The Morgan fingerprint density at radius 2 is 1.35 bits per heavy atom. The van der Waals surface area contributed by atoms with Crippen LogP contribution < -0.4 is 4.46 Å². The summed E-state index contributed by atoms with van der Waals surface area (Å²) < 4.78 is 1.35. The number of hydrogen-bond donors (Lipinski definition) is 0. The van der Waals surface area contributed by atoms with Gasteiger partial charge in [-0.05, 0) is 0 Å². The van der Waals surface area contributed by atoms with Gasteiger partial charge in [-0.1, -0.05) is 0 Å². The summed E-state index contributed by atoms with van der Waals surface area (Å²) in [7, 11) is 0. The molecule has 0 fully saturated rings. The van der Waals surface area contributed by atoms with Crippen LogP contribution in [0.2, 0.25) is 5.32 Å². The molecule has 4 rings (SSSR count). The van der Waals surface area contributed by atoms with E-state index in [0.29, 0.717) is 6.42 Å². The van der Waals surface area contributed by atoms with Crippen LogP contribution in [0.5, 0.6) is 0 Å². The van der Waals surface area contributed by atoms with Gasteiger partial charge in [0.1, 0.15) is 0 Å². The fourth-order valence-corrected chi connectivity index (χ4v) is 6.12. The standard InChI is InChI=1S/C32H28OSe/c1-26-17-19-29(20-18-26)31(33)32(25-28-13-7-3-8-14-28,22-21-27-11-5-2-6-12-27)23-24-34-30-15-9-4-10-16-30/h2-20H,23-25H2,1H3. The summed E-state index contributed by atoms with van der Waals surface area (Å²) in [6.45, 7) is 2.04. The van der Waals surface area contributed by atoms with E-state index in [1.54, 1.807) is 0 Å². The Morgan fingerprint density at radius 3 is 2.00 bits per heavy atom. The van der Waals surface area contributed by atoms with Gasteiger partial charge in [-0.25, -0.2) is 0 Å². The van der Waals surface area contributed by atoms with Gasteiger partial charge < -0.3 is 0 Å². The van der Waals surface area contributed by atoms with Gasteiger partial charge in [-0.2, -0.15) is 0 Å². The van der Waals surface area contributed by atoms with Crippen molar-refractivity contribution in [2.45, 2.75) is 25.1 Å². The van der Waals surface area contributed by atoms with Crippen molar-refractivity contribution in [1.29, 1.82) is 0 Å². The predicted octanol–water partition coefficient (Wildman–Crippen LogP) is 6.30. The Hall–Kier alpha value is -3.37. The van der Waals surface area contributed by atoms with Crippen molar-refractivity contribution in [1.82, 2.24) is 0 Å². The molecular formula is C32H28OSe. The van der Waals surface area contributed by atoms with Gasteiger partial charge in [0.25, 0.3) is 0 Å². The van der Waals surface area contributed by atoms with Crippen LogP contribution in [0.1, 0.15) is 33.5 Å². The van der Waals surface area contributed by atoms with Crippen LogP contribution in [-0.4, -0.2) is 20.7 Å². The summed E-state index contributed by atoms with van der Waals surface area (Å²) >= 11 is 0.283. The molecule has 0 saturated heterocycles. The maximum absolute atomic E-state index is 14.2. The number of hydrogen-bond acceptors (Lipinski definition) is 1. The first kappa shape index (κ1) is 23.8. The molecule has 0 saturated carbocycles. The second kappa shape index (κ2) is 11.7. The molecule has 4 aromatic rings. The van der Waals surface area contributed by atoms with Crippen LogP contribution in [0.4, 0.5) is 0 Å². The van der Waals surface area contributed by atoms with Crippen molar-refractivity contribution in [3.05, 3.63) is 138 Å². The maximum atomic E-state index is 14.2. The van der Waals surface area contributed by atoms with E-state index in [1.165, 1.54) is 4.46 Å². The zero-order chi connectivity index (χ0) is 23.6. The summed E-state index contributed by atoms with van der Waals surface area (Å²) in [5.41, 5.74) is 3.16. The first-order chi connectivity index (χ1) is 16.6. The van der Waals surface area contributed by atoms with Gasteiger partial charge in [0, 0.05) is 0 Å². The summed E-state index contributed by atoms with van der Waals surface area (Å²) in [4.78, 5) is 14.2. The second-order valence-electron chi connectivity index (χ2n) is 8.47. The molecule has 0 amide bonds.